The van der Waals surface area contributed by atoms with Crippen LogP contribution in [-0.2, 0) is 0 Å². The Kier molecular flexibility index (Phi) is 1.04. The summed E-state index contributed by atoms with van der Waals surface area (Å²) in [6.45, 7) is 2.59. The lowest BCUT2D eigenvalue weighted by atomic mass is 10.0. The van der Waals surface area contributed by atoms with Crippen LogP contribution in [-0.4, -0.2) is 13.1 Å². The highest BCUT2D eigenvalue weighted by atomic mass is 14.9. The Balaban J connectivity index is 1.86. The topological polar surface area (TPSA) is 12.0 Å². The Morgan fingerprint density at radius 3 is 2.38 bits per heavy atom. The van der Waals surface area contributed by atoms with E-state index in [0.29, 0.717) is 0 Å². The average molecular weight is 111 g/mol. The minimum absolute atomic E-state index is 1.06. The van der Waals surface area contributed by atoms with Crippen molar-refractivity contribution in [3.63, 3.8) is 0 Å². The molecule has 0 aromatic rings. The summed E-state index contributed by atoms with van der Waals surface area (Å²) in [4.78, 5) is 0. The van der Waals surface area contributed by atoms with E-state index in [4.69, 9.17) is 0 Å². The van der Waals surface area contributed by atoms with Crippen molar-refractivity contribution in [3.8, 4) is 0 Å². The molecule has 2 aliphatic rings. The van der Waals surface area contributed by atoms with Gasteiger partial charge in [-0.25, -0.2) is 0 Å². The highest BCUT2D eigenvalue weighted by Gasteiger charge is 2.32. The minimum Gasteiger partial charge on any atom is -0.316 e. The van der Waals surface area contributed by atoms with Crippen LogP contribution in [0.2, 0.25) is 0 Å². The first kappa shape index (κ1) is 4.80. The summed E-state index contributed by atoms with van der Waals surface area (Å²) in [6, 6.07) is 0. The lowest BCUT2D eigenvalue weighted by Gasteiger charge is -2.01. The van der Waals surface area contributed by atoms with Gasteiger partial charge in [0.25, 0.3) is 0 Å². The van der Waals surface area contributed by atoms with Crippen LogP contribution < -0.4 is 5.32 Å². The molecular weight excluding hydrogens is 98.1 g/mol. The van der Waals surface area contributed by atoms with Crippen LogP contribution in [0.5, 0.6) is 0 Å². The molecule has 1 aliphatic heterocycles. The van der Waals surface area contributed by atoms with Crippen molar-refractivity contribution in [2.75, 3.05) is 13.1 Å². The lowest BCUT2D eigenvalue weighted by molar-refractivity contribution is 0.509. The van der Waals surface area contributed by atoms with Gasteiger partial charge < -0.3 is 5.32 Å². The molecule has 1 N–H and O–H groups in total. The Bertz CT molecular complexity index is 80.4. The Morgan fingerprint density at radius 2 is 1.88 bits per heavy atom. The fraction of sp³-hybridized carbons (Fsp3) is 1.00. The highest BCUT2D eigenvalue weighted by Crippen LogP contribution is 2.39. The monoisotopic (exact) mass is 111 g/mol. The Labute approximate surface area is 50.5 Å². The molecule has 8 heavy (non-hydrogen) atoms. The van der Waals surface area contributed by atoms with Crippen LogP contribution in [0.3, 0.4) is 0 Å². The molecule has 0 radical (unpaired) electrons. The first-order valence-electron chi connectivity index (χ1n) is 3.67. The molecule has 1 heterocycles. The number of nitrogens with one attached hydrogen (secondary N) is 1. The molecule has 0 aromatic heterocycles. The zero-order valence-electron chi connectivity index (χ0n) is 5.19. The zero-order valence-corrected chi connectivity index (χ0v) is 5.19. The summed E-state index contributed by atoms with van der Waals surface area (Å²) in [6.07, 6.45) is 4.49. The molecule has 0 spiro atoms. The second-order valence-corrected chi connectivity index (χ2v) is 3.09. The smallest absolute Gasteiger partial charge is 0.00174 e. The van der Waals surface area contributed by atoms with Crippen LogP contribution in [0.15, 0.2) is 0 Å². The second kappa shape index (κ2) is 1.73. The predicted octanol–water partition coefficient (Wildman–Crippen LogP) is 1.01. The average Bonchev–Trinajstić information content (AvgIpc) is 2.49. The molecule has 1 saturated carbocycles. The third-order valence-electron chi connectivity index (χ3n) is 2.39. The van der Waals surface area contributed by atoms with Crippen LogP contribution >= 0.6 is 0 Å². The molecule has 1 atom stereocenters. The van der Waals surface area contributed by atoms with Gasteiger partial charge in [-0.2, -0.15) is 0 Å². The van der Waals surface area contributed by atoms with Gasteiger partial charge in [-0.05, 0) is 44.2 Å². The van der Waals surface area contributed by atoms with Crippen molar-refractivity contribution >= 4 is 0 Å². The summed E-state index contributed by atoms with van der Waals surface area (Å²) in [5, 5.41) is 3.39. The molecule has 0 bridgehead atoms. The number of rotatable bonds is 1. The van der Waals surface area contributed by atoms with Gasteiger partial charge in [0.05, 0.1) is 0 Å². The summed E-state index contributed by atoms with van der Waals surface area (Å²) in [7, 11) is 0. The van der Waals surface area contributed by atoms with Gasteiger partial charge in [-0.1, -0.05) is 0 Å². The van der Waals surface area contributed by atoms with Crippen LogP contribution in [0.1, 0.15) is 19.3 Å². The molecule has 1 nitrogen and oxygen atoms in total. The van der Waals surface area contributed by atoms with Crippen molar-refractivity contribution in [1.82, 2.24) is 5.32 Å². The van der Waals surface area contributed by atoms with E-state index in [2.05, 4.69) is 5.32 Å². The summed E-state index contributed by atoms with van der Waals surface area (Å²) in [5.74, 6) is 2.19. The fourth-order valence-electron chi connectivity index (χ4n) is 1.65. The molecule has 2 rings (SSSR count). The summed E-state index contributed by atoms with van der Waals surface area (Å²) >= 11 is 0. The van der Waals surface area contributed by atoms with Crippen LogP contribution in [0.25, 0.3) is 0 Å². The third kappa shape index (κ3) is 0.752. The molecule has 0 amide bonds. The van der Waals surface area contributed by atoms with Crippen LogP contribution in [0.4, 0.5) is 0 Å². The molecule has 1 saturated heterocycles. The SMILES string of the molecule is C1CC(C2CC2)CN1. The summed E-state index contributed by atoms with van der Waals surface area (Å²) in [5.41, 5.74) is 0. The standard InChI is InChI=1S/C7H13N/c1-2-6(1)7-3-4-8-5-7/h6-8H,1-5H2. The van der Waals surface area contributed by atoms with Gasteiger partial charge in [0.1, 0.15) is 0 Å². The predicted molar refractivity (Wildman–Crippen MR) is 33.7 cm³/mol. The zero-order chi connectivity index (χ0) is 5.40. The number of hydrogen-bond acceptors (Lipinski definition) is 1. The maximum absolute atomic E-state index is 3.39. The van der Waals surface area contributed by atoms with Crippen molar-refractivity contribution in [3.05, 3.63) is 0 Å². The van der Waals surface area contributed by atoms with Crippen molar-refractivity contribution < 1.29 is 0 Å². The van der Waals surface area contributed by atoms with E-state index in [-0.39, 0.29) is 0 Å². The lowest BCUT2D eigenvalue weighted by Crippen LogP contribution is -2.09. The van der Waals surface area contributed by atoms with E-state index in [0.717, 1.165) is 11.8 Å². The van der Waals surface area contributed by atoms with Crippen molar-refractivity contribution in [1.29, 1.82) is 0 Å². The fourth-order valence-corrected chi connectivity index (χ4v) is 1.65. The quantitative estimate of drug-likeness (QED) is 0.532. The van der Waals surface area contributed by atoms with Crippen LogP contribution in [0, 0.1) is 11.8 Å². The van der Waals surface area contributed by atoms with Gasteiger partial charge in [0.2, 0.25) is 0 Å². The van der Waals surface area contributed by atoms with E-state index < -0.39 is 0 Å². The van der Waals surface area contributed by atoms with Gasteiger partial charge in [0, 0.05) is 0 Å². The van der Waals surface area contributed by atoms with Crippen molar-refractivity contribution in [2.45, 2.75) is 19.3 Å². The molecule has 1 unspecified atom stereocenters. The van der Waals surface area contributed by atoms with Gasteiger partial charge in [-0.15, -0.1) is 0 Å². The third-order valence-corrected chi connectivity index (χ3v) is 2.39. The van der Waals surface area contributed by atoms with Crippen molar-refractivity contribution in [2.24, 2.45) is 11.8 Å². The van der Waals surface area contributed by atoms with E-state index in [1.54, 1.807) is 0 Å². The highest BCUT2D eigenvalue weighted by molar-refractivity contribution is 4.85. The maximum atomic E-state index is 3.39. The molecule has 1 aliphatic carbocycles. The Morgan fingerprint density at radius 1 is 1.00 bits per heavy atom. The van der Waals surface area contributed by atoms with E-state index in [1.165, 1.54) is 32.4 Å². The van der Waals surface area contributed by atoms with Gasteiger partial charge in [-0.3, -0.25) is 0 Å². The summed E-state index contributed by atoms with van der Waals surface area (Å²) < 4.78 is 0. The largest absolute Gasteiger partial charge is 0.316 e. The first-order chi connectivity index (χ1) is 3.97. The normalized spacial score (nSPS) is 38.2. The molecule has 46 valence electrons. The van der Waals surface area contributed by atoms with Gasteiger partial charge >= 0.3 is 0 Å². The molecular formula is C7H13N. The molecule has 1 heteroatoms. The van der Waals surface area contributed by atoms with E-state index in [9.17, 15) is 0 Å². The maximum Gasteiger partial charge on any atom is -0.00174 e. The minimum atomic E-state index is 1.06. The first-order valence-corrected chi connectivity index (χ1v) is 3.67. The molecule has 0 aromatic carbocycles. The Hall–Kier alpha value is -0.0400. The van der Waals surface area contributed by atoms with Gasteiger partial charge in [0.15, 0.2) is 0 Å². The number of hydrogen-bond donors (Lipinski definition) is 1. The van der Waals surface area contributed by atoms with E-state index >= 15 is 0 Å². The van der Waals surface area contributed by atoms with E-state index in [1.807, 2.05) is 0 Å². The second-order valence-electron chi connectivity index (χ2n) is 3.09. The molecule has 2 fully saturated rings.